The zero-order chi connectivity index (χ0) is 15.5. The number of nitrogens with one attached hydrogen (secondary N) is 1. The average molecular weight is 297 g/mol. The molecule has 0 radical (unpaired) electrons. The predicted octanol–water partition coefficient (Wildman–Crippen LogP) is 0.384. The highest BCUT2D eigenvalue weighted by atomic mass is 16.4. The molecular formula is C15H27N3O3. The minimum Gasteiger partial charge on any atom is -0.480 e. The number of piperidine rings is 1. The van der Waals surface area contributed by atoms with Crippen molar-refractivity contribution in [1.29, 1.82) is 0 Å². The number of nitrogens with zero attached hydrogens (tertiary/aromatic N) is 2. The molecule has 0 bridgehead atoms. The van der Waals surface area contributed by atoms with E-state index in [1.807, 2.05) is 9.80 Å². The Morgan fingerprint density at radius 2 is 1.95 bits per heavy atom. The van der Waals surface area contributed by atoms with Crippen molar-refractivity contribution in [2.45, 2.75) is 39.2 Å². The van der Waals surface area contributed by atoms with E-state index in [1.165, 1.54) is 0 Å². The van der Waals surface area contributed by atoms with Crippen LogP contribution in [-0.4, -0.2) is 72.1 Å². The summed E-state index contributed by atoms with van der Waals surface area (Å²) in [6.45, 7) is 8.01. The van der Waals surface area contributed by atoms with E-state index < -0.39 is 5.97 Å². The van der Waals surface area contributed by atoms with E-state index in [9.17, 15) is 9.59 Å². The molecule has 0 aromatic rings. The second kappa shape index (κ2) is 6.75. The molecule has 2 heterocycles. The fraction of sp³-hybridized carbons (Fsp3) is 0.867. The minimum absolute atomic E-state index is 0.0115. The summed E-state index contributed by atoms with van der Waals surface area (Å²) in [5, 5.41) is 12.2. The predicted molar refractivity (Wildman–Crippen MR) is 80.1 cm³/mol. The van der Waals surface area contributed by atoms with Crippen LogP contribution in [0.4, 0.5) is 0 Å². The Morgan fingerprint density at radius 3 is 2.62 bits per heavy atom. The zero-order valence-corrected chi connectivity index (χ0v) is 13.1. The number of hydrogen-bond donors (Lipinski definition) is 2. The van der Waals surface area contributed by atoms with Crippen LogP contribution in [0.5, 0.6) is 0 Å². The molecule has 2 fully saturated rings. The van der Waals surface area contributed by atoms with Gasteiger partial charge < -0.3 is 15.3 Å². The highest BCUT2D eigenvalue weighted by molar-refractivity contribution is 5.83. The van der Waals surface area contributed by atoms with Crippen LogP contribution in [0, 0.1) is 5.41 Å². The monoisotopic (exact) mass is 297 g/mol. The van der Waals surface area contributed by atoms with E-state index in [2.05, 4.69) is 19.2 Å². The van der Waals surface area contributed by atoms with Gasteiger partial charge in [-0.05, 0) is 31.2 Å². The van der Waals surface area contributed by atoms with Gasteiger partial charge in [-0.15, -0.1) is 0 Å². The van der Waals surface area contributed by atoms with Crippen LogP contribution in [0.3, 0.4) is 0 Å². The largest absolute Gasteiger partial charge is 0.480 e. The molecule has 6 heteroatoms. The third kappa shape index (κ3) is 4.17. The Hall–Kier alpha value is -1.14. The normalized spacial score (nSPS) is 27.1. The molecule has 21 heavy (non-hydrogen) atoms. The first-order chi connectivity index (χ1) is 9.90. The molecule has 1 unspecified atom stereocenters. The summed E-state index contributed by atoms with van der Waals surface area (Å²) in [5.41, 5.74) is -0.0115. The first-order valence-corrected chi connectivity index (χ1v) is 7.86. The smallest absolute Gasteiger partial charge is 0.317 e. The van der Waals surface area contributed by atoms with Gasteiger partial charge in [0.25, 0.3) is 0 Å². The van der Waals surface area contributed by atoms with Gasteiger partial charge in [-0.25, -0.2) is 0 Å². The lowest BCUT2D eigenvalue weighted by molar-refractivity contribution is -0.138. The maximum absolute atomic E-state index is 12.8. The van der Waals surface area contributed by atoms with Crippen molar-refractivity contribution in [1.82, 2.24) is 15.1 Å². The number of aliphatic carboxylic acids is 1. The van der Waals surface area contributed by atoms with Crippen LogP contribution in [0.25, 0.3) is 0 Å². The van der Waals surface area contributed by atoms with Crippen LogP contribution >= 0.6 is 0 Å². The van der Waals surface area contributed by atoms with Gasteiger partial charge in [0.15, 0.2) is 0 Å². The molecule has 0 spiro atoms. The number of hydrogen-bond acceptors (Lipinski definition) is 4. The topological polar surface area (TPSA) is 72.9 Å². The van der Waals surface area contributed by atoms with Crippen LogP contribution < -0.4 is 5.32 Å². The average Bonchev–Trinajstić information content (AvgIpc) is 2.62. The van der Waals surface area contributed by atoms with E-state index in [0.29, 0.717) is 13.1 Å². The van der Waals surface area contributed by atoms with E-state index in [0.717, 1.165) is 38.9 Å². The summed E-state index contributed by atoms with van der Waals surface area (Å²) in [4.78, 5) is 27.4. The molecule has 2 rings (SSSR count). The first kappa shape index (κ1) is 16.2. The number of amides is 1. The quantitative estimate of drug-likeness (QED) is 0.788. The van der Waals surface area contributed by atoms with Crippen LogP contribution in [0.2, 0.25) is 0 Å². The molecule has 2 saturated heterocycles. The zero-order valence-electron chi connectivity index (χ0n) is 13.1. The molecule has 1 atom stereocenters. The third-order valence-corrected chi connectivity index (χ3v) is 4.63. The van der Waals surface area contributed by atoms with Crippen molar-refractivity contribution >= 4 is 11.9 Å². The standard InChI is InChI=1S/C15H27N3O3/c1-15(2)5-3-6-16-13(15)14(21)18-8-4-7-17(9-10-18)11-12(19)20/h13,16H,3-11H2,1-2H3,(H,19,20). The number of carbonyl (C=O) groups excluding carboxylic acids is 1. The second-order valence-electron chi connectivity index (χ2n) is 6.83. The number of rotatable bonds is 3. The Kier molecular flexibility index (Phi) is 5.22. The van der Waals surface area contributed by atoms with Crippen molar-refractivity contribution in [3.63, 3.8) is 0 Å². The van der Waals surface area contributed by atoms with Crippen LogP contribution in [-0.2, 0) is 9.59 Å². The Bertz CT molecular complexity index is 398. The second-order valence-corrected chi connectivity index (χ2v) is 6.83. The molecular weight excluding hydrogens is 270 g/mol. The van der Waals surface area contributed by atoms with E-state index in [1.54, 1.807) is 0 Å². The lowest BCUT2D eigenvalue weighted by Crippen LogP contribution is -2.57. The summed E-state index contributed by atoms with van der Waals surface area (Å²) < 4.78 is 0. The van der Waals surface area contributed by atoms with E-state index >= 15 is 0 Å². The van der Waals surface area contributed by atoms with Crippen LogP contribution in [0.15, 0.2) is 0 Å². The molecule has 120 valence electrons. The summed E-state index contributed by atoms with van der Waals surface area (Å²) in [6, 6.07) is -0.114. The van der Waals surface area contributed by atoms with E-state index in [-0.39, 0.29) is 23.9 Å². The van der Waals surface area contributed by atoms with Crippen molar-refractivity contribution in [2.75, 3.05) is 39.3 Å². The SMILES string of the molecule is CC1(C)CCCNC1C(=O)N1CCCN(CC(=O)O)CC1. The van der Waals surface area contributed by atoms with Gasteiger partial charge in [-0.1, -0.05) is 13.8 Å². The summed E-state index contributed by atoms with van der Waals surface area (Å²) in [6.07, 6.45) is 3.02. The van der Waals surface area contributed by atoms with Gasteiger partial charge in [-0.3, -0.25) is 14.5 Å². The Labute approximate surface area is 126 Å². The molecule has 0 aromatic heterocycles. The number of carbonyl (C=O) groups is 2. The molecule has 6 nitrogen and oxygen atoms in total. The van der Waals surface area contributed by atoms with Gasteiger partial charge in [-0.2, -0.15) is 0 Å². The highest BCUT2D eigenvalue weighted by Crippen LogP contribution is 2.31. The lowest BCUT2D eigenvalue weighted by atomic mass is 9.77. The summed E-state index contributed by atoms with van der Waals surface area (Å²) in [7, 11) is 0. The fourth-order valence-corrected chi connectivity index (χ4v) is 3.36. The molecule has 2 N–H and O–H groups in total. The lowest BCUT2D eigenvalue weighted by Gasteiger charge is -2.40. The minimum atomic E-state index is -0.801. The molecule has 1 amide bonds. The van der Waals surface area contributed by atoms with Gasteiger partial charge in [0.1, 0.15) is 0 Å². The Morgan fingerprint density at radius 1 is 1.19 bits per heavy atom. The Balaban J connectivity index is 1.95. The first-order valence-electron chi connectivity index (χ1n) is 7.86. The maximum atomic E-state index is 12.8. The summed E-state index contributed by atoms with van der Waals surface area (Å²) in [5.74, 6) is -0.623. The van der Waals surface area contributed by atoms with Gasteiger partial charge in [0.05, 0.1) is 12.6 Å². The number of carboxylic acids is 1. The van der Waals surface area contributed by atoms with E-state index in [4.69, 9.17) is 5.11 Å². The summed E-state index contributed by atoms with van der Waals surface area (Å²) >= 11 is 0. The number of carboxylic acid groups (broad SMARTS) is 1. The van der Waals surface area contributed by atoms with Crippen molar-refractivity contribution in [3.05, 3.63) is 0 Å². The van der Waals surface area contributed by atoms with Crippen molar-refractivity contribution in [2.24, 2.45) is 5.41 Å². The molecule has 0 saturated carbocycles. The highest BCUT2D eigenvalue weighted by Gasteiger charge is 2.39. The van der Waals surface area contributed by atoms with Gasteiger partial charge >= 0.3 is 5.97 Å². The van der Waals surface area contributed by atoms with Gasteiger partial charge in [0, 0.05) is 26.2 Å². The molecule has 0 aliphatic carbocycles. The molecule has 2 aliphatic heterocycles. The maximum Gasteiger partial charge on any atom is 0.317 e. The van der Waals surface area contributed by atoms with Crippen molar-refractivity contribution < 1.29 is 14.7 Å². The molecule has 0 aromatic carbocycles. The fourth-order valence-electron chi connectivity index (χ4n) is 3.36. The molecule has 2 aliphatic rings. The van der Waals surface area contributed by atoms with Crippen molar-refractivity contribution in [3.8, 4) is 0 Å². The third-order valence-electron chi connectivity index (χ3n) is 4.63. The van der Waals surface area contributed by atoms with Crippen LogP contribution in [0.1, 0.15) is 33.1 Å². The van der Waals surface area contributed by atoms with Gasteiger partial charge in [0.2, 0.25) is 5.91 Å².